The van der Waals surface area contributed by atoms with Crippen molar-refractivity contribution in [1.82, 2.24) is 5.32 Å². The summed E-state index contributed by atoms with van der Waals surface area (Å²) in [6, 6.07) is 7.71. The molecule has 0 aliphatic rings. The number of carboxylic acids is 1. The number of carboxylic acid groups (broad SMARTS) is 1. The molecule has 0 bridgehead atoms. The van der Waals surface area contributed by atoms with Crippen LogP contribution >= 0.6 is 0 Å². The van der Waals surface area contributed by atoms with E-state index in [0.29, 0.717) is 25.0 Å². The van der Waals surface area contributed by atoms with E-state index in [1.165, 1.54) is 7.11 Å². The number of methoxy groups -OCH3 is 1. The molecular formula is C17H23NO4. The lowest BCUT2D eigenvalue weighted by Gasteiger charge is -2.13. The van der Waals surface area contributed by atoms with Crippen molar-refractivity contribution in [2.45, 2.75) is 39.3 Å². The van der Waals surface area contributed by atoms with Crippen LogP contribution in [0.5, 0.6) is 0 Å². The van der Waals surface area contributed by atoms with Crippen LogP contribution in [-0.2, 0) is 27.3 Å². The van der Waals surface area contributed by atoms with Crippen molar-refractivity contribution in [3.05, 3.63) is 47.0 Å². The van der Waals surface area contributed by atoms with Gasteiger partial charge in [-0.1, -0.05) is 37.3 Å². The standard InChI is InChI=1S/C17H23NO4/c1-4-15(22-3)16(19)18-11-14-7-5-6-13(10-14)9-8-12(2)17(20)21/h5-8,10,15H,4,9,11H2,1-3H3,(H,18,19)(H,20,21)/b12-8+. The zero-order chi connectivity index (χ0) is 16.5. The maximum Gasteiger partial charge on any atom is 0.330 e. The Morgan fingerprint density at radius 3 is 2.64 bits per heavy atom. The first-order valence-electron chi connectivity index (χ1n) is 7.26. The molecule has 0 radical (unpaired) electrons. The SMILES string of the molecule is CCC(OC)C(=O)NCc1cccc(C/C=C(\C)C(=O)O)c1. The van der Waals surface area contributed by atoms with E-state index in [4.69, 9.17) is 9.84 Å². The van der Waals surface area contributed by atoms with Gasteiger partial charge in [0.15, 0.2) is 0 Å². The average Bonchev–Trinajstić information content (AvgIpc) is 2.52. The minimum atomic E-state index is -0.909. The second-order valence-electron chi connectivity index (χ2n) is 5.07. The highest BCUT2D eigenvalue weighted by Crippen LogP contribution is 2.08. The summed E-state index contributed by atoms with van der Waals surface area (Å²) in [6.45, 7) is 3.89. The predicted molar refractivity (Wildman–Crippen MR) is 84.5 cm³/mol. The van der Waals surface area contributed by atoms with Gasteiger partial charge in [-0.25, -0.2) is 4.79 Å². The molecule has 0 aromatic heterocycles. The first kappa shape index (κ1) is 17.9. The molecule has 2 N–H and O–H groups in total. The molecule has 1 aromatic rings. The van der Waals surface area contributed by atoms with Gasteiger partial charge in [0.05, 0.1) is 0 Å². The number of benzene rings is 1. The zero-order valence-corrected chi connectivity index (χ0v) is 13.3. The maximum absolute atomic E-state index is 11.8. The molecular weight excluding hydrogens is 282 g/mol. The fourth-order valence-corrected chi connectivity index (χ4v) is 1.99. The molecule has 1 amide bonds. The first-order chi connectivity index (χ1) is 10.5. The van der Waals surface area contributed by atoms with Gasteiger partial charge in [-0.3, -0.25) is 4.79 Å². The number of hydrogen-bond acceptors (Lipinski definition) is 3. The van der Waals surface area contributed by atoms with Crippen LogP contribution in [0.3, 0.4) is 0 Å². The molecule has 120 valence electrons. The third-order valence-corrected chi connectivity index (χ3v) is 3.39. The molecule has 1 atom stereocenters. The van der Waals surface area contributed by atoms with Crippen molar-refractivity contribution in [3.8, 4) is 0 Å². The Kier molecular flexibility index (Phi) is 7.32. The second kappa shape index (κ2) is 9.00. The molecule has 0 saturated carbocycles. The number of amides is 1. The highest BCUT2D eigenvalue weighted by Gasteiger charge is 2.14. The third kappa shape index (κ3) is 5.69. The van der Waals surface area contributed by atoms with Gasteiger partial charge in [0, 0.05) is 19.2 Å². The summed E-state index contributed by atoms with van der Waals surface area (Å²) in [5.41, 5.74) is 2.30. The van der Waals surface area contributed by atoms with Crippen LogP contribution in [-0.4, -0.2) is 30.2 Å². The van der Waals surface area contributed by atoms with Crippen LogP contribution in [0, 0.1) is 0 Å². The van der Waals surface area contributed by atoms with Crippen molar-refractivity contribution < 1.29 is 19.4 Å². The van der Waals surface area contributed by atoms with Gasteiger partial charge in [0.2, 0.25) is 5.91 Å². The Balaban J connectivity index is 2.63. The number of carbonyl (C=O) groups is 2. The molecule has 0 saturated heterocycles. The zero-order valence-electron chi connectivity index (χ0n) is 13.3. The number of nitrogens with one attached hydrogen (secondary N) is 1. The van der Waals surface area contributed by atoms with Crippen molar-refractivity contribution in [2.75, 3.05) is 7.11 Å². The fourth-order valence-electron chi connectivity index (χ4n) is 1.99. The lowest BCUT2D eigenvalue weighted by atomic mass is 10.1. The topological polar surface area (TPSA) is 75.6 Å². The van der Waals surface area contributed by atoms with Crippen molar-refractivity contribution >= 4 is 11.9 Å². The van der Waals surface area contributed by atoms with Gasteiger partial charge >= 0.3 is 5.97 Å². The van der Waals surface area contributed by atoms with E-state index in [0.717, 1.165) is 11.1 Å². The van der Waals surface area contributed by atoms with Gasteiger partial charge in [-0.2, -0.15) is 0 Å². The van der Waals surface area contributed by atoms with Gasteiger partial charge in [-0.05, 0) is 30.9 Å². The smallest absolute Gasteiger partial charge is 0.330 e. The van der Waals surface area contributed by atoms with E-state index in [-0.39, 0.29) is 5.91 Å². The molecule has 0 spiro atoms. The van der Waals surface area contributed by atoms with Crippen LogP contribution in [0.15, 0.2) is 35.9 Å². The van der Waals surface area contributed by atoms with E-state index in [9.17, 15) is 9.59 Å². The summed E-state index contributed by atoms with van der Waals surface area (Å²) in [7, 11) is 1.52. The lowest BCUT2D eigenvalue weighted by molar-refractivity contribution is -0.133. The number of rotatable bonds is 8. The monoisotopic (exact) mass is 305 g/mol. The fraction of sp³-hybridized carbons (Fsp3) is 0.412. The van der Waals surface area contributed by atoms with E-state index < -0.39 is 12.1 Å². The predicted octanol–water partition coefficient (Wildman–Crippen LogP) is 2.30. The molecule has 1 aromatic carbocycles. The Labute approximate surface area is 131 Å². The van der Waals surface area contributed by atoms with E-state index >= 15 is 0 Å². The molecule has 1 rings (SSSR count). The Hall–Kier alpha value is -2.14. The van der Waals surface area contributed by atoms with Crippen LogP contribution in [0.2, 0.25) is 0 Å². The summed E-state index contributed by atoms with van der Waals surface area (Å²) in [5.74, 6) is -1.04. The minimum Gasteiger partial charge on any atom is -0.478 e. The molecule has 1 unspecified atom stereocenters. The van der Waals surface area contributed by atoms with Crippen molar-refractivity contribution in [3.63, 3.8) is 0 Å². The first-order valence-corrected chi connectivity index (χ1v) is 7.26. The van der Waals surface area contributed by atoms with Crippen molar-refractivity contribution in [2.24, 2.45) is 0 Å². The third-order valence-electron chi connectivity index (χ3n) is 3.39. The molecule has 0 fully saturated rings. The second-order valence-corrected chi connectivity index (χ2v) is 5.07. The normalized spacial score (nSPS) is 12.8. The minimum absolute atomic E-state index is 0.128. The van der Waals surface area contributed by atoms with Gasteiger partial charge < -0.3 is 15.2 Å². The summed E-state index contributed by atoms with van der Waals surface area (Å²) in [6.07, 6.45) is 2.43. The van der Waals surface area contributed by atoms with E-state index in [2.05, 4.69) is 5.32 Å². The number of hydrogen-bond donors (Lipinski definition) is 2. The Morgan fingerprint density at radius 1 is 1.36 bits per heavy atom. The summed E-state index contributed by atoms with van der Waals surface area (Å²) >= 11 is 0. The van der Waals surface area contributed by atoms with Crippen LogP contribution in [0.1, 0.15) is 31.4 Å². The van der Waals surface area contributed by atoms with E-state index in [1.807, 2.05) is 31.2 Å². The number of allylic oxidation sites excluding steroid dienone is 1. The van der Waals surface area contributed by atoms with Crippen LogP contribution in [0.4, 0.5) is 0 Å². The molecule has 0 aliphatic carbocycles. The Bertz CT molecular complexity index is 547. The van der Waals surface area contributed by atoms with Gasteiger partial charge in [0.25, 0.3) is 0 Å². The lowest BCUT2D eigenvalue weighted by Crippen LogP contribution is -2.34. The maximum atomic E-state index is 11.8. The number of aliphatic carboxylic acids is 1. The number of carbonyl (C=O) groups excluding carboxylic acids is 1. The summed E-state index contributed by atoms with van der Waals surface area (Å²) in [4.78, 5) is 22.6. The molecule has 5 nitrogen and oxygen atoms in total. The molecule has 5 heteroatoms. The highest BCUT2D eigenvalue weighted by atomic mass is 16.5. The number of ether oxygens (including phenoxy) is 1. The largest absolute Gasteiger partial charge is 0.478 e. The van der Waals surface area contributed by atoms with Gasteiger partial charge in [0.1, 0.15) is 6.10 Å². The summed E-state index contributed by atoms with van der Waals surface area (Å²) in [5, 5.41) is 11.7. The summed E-state index contributed by atoms with van der Waals surface area (Å²) < 4.78 is 5.09. The quantitative estimate of drug-likeness (QED) is 0.723. The van der Waals surface area contributed by atoms with E-state index in [1.54, 1.807) is 13.0 Å². The molecule has 22 heavy (non-hydrogen) atoms. The Morgan fingerprint density at radius 2 is 2.05 bits per heavy atom. The molecule has 0 aliphatic heterocycles. The molecule has 0 heterocycles. The van der Waals surface area contributed by atoms with Crippen LogP contribution in [0.25, 0.3) is 0 Å². The highest BCUT2D eigenvalue weighted by molar-refractivity contribution is 5.85. The average molecular weight is 305 g/mol. The van der Waals surface area contributed by atoms with Crippen molar-refractivity contribution in [1.29, 1.82) is 0 Å². The van der Waals surface area contributed by atoms with Crippen LogP contribution < -0.4 is 5.32 Å². The van der Waals surface area contributed by atoms with Gasteiger partial charge in [-0.15, -0.1) is 0 Å².